The van der Waals surface area contributed by atoms with Gasteiger partial charge in [-0.1, -0.05) is 26.3 Å². The molecule has 0 amide bonds. The maximum Gasteiger partial charge on any atom is 0.333 e. The van der Waals surface area contributed by atoms with E-state index in [0.717, 1.165) is 33.1 Å². The van der Waals surface area contributed by atoms with Crippen LogP contribution in [0.25, 0.3) is 0 Å². The molecule has 0 unspecified atom stereocenters. The Morgan fingerprint density at radius 2 is 0.660 bits per heavy atom. The van der Waals surface area contributed by atoms with Crippen molar-refractivity contribution in [2.45, 2.75) is 27.7 Å². The first-order valence-corrected chi connectivity index (χ1v) is 15.4. The summed E-state index contributed by atoms with van der Waals surface area (Å²) in [6, 6.07) is 0. The summed E-state index contributed by atoms with van der Waals surface area (Å²) >= 11 is 0. The average Bonchev–Trinajstić information content (AvgIpc) is 2.81. The van der Waals surface area contributed by atoms with Crippen LogP contribution in [0.2, 0.25) is 0 Å². The highest BCUT2D eigenvalue weighted by atomic mass is 32.3. The minimum atomic E-state index is -5.17. The van der Waals surface area contributed by atoms with Crippen molar-refractivity contribution in [2.75, 3.05) is 103 Å². The number of hydrogen-bond acceptors (Lipinski definition) is 12. The van der Waals surface area contributed by atoms with Gasteiger partial charge in [-0.25, -0.2) is 14.4 Å². The lowest BCUT2D eigenvalue weighted by atomic mass is 10.4. The summed E-state index contributed by atoms with van der Waals surface area (Å²) in [4.78, 5) is 42.2. The zero-order valence-corrected chi connectivity index (χ0v) is 31.5. The van der Waals surface area contributed by atoms with Crippen molar-refractivity contribution < 1.29 is 69.5 Å². The molecule has 0 fully saturated rings. The van der Waals surface area contributed by atoms with Crippen LogP contribution in [0.4, 0.5) is 0 Å². The second-order valence-corrected chi connectivity index (χ2v) is 14.1. The molecule has 0 spiro atoms. The summed E-state index contributed by atoms with van der Waals surface area (Å²) in [5.74, 6) is -2.09. The minimum Gasteiger partial charge on any atom is -0.759 e. The van der Waals surface area contributed by atoms with Gasteiger partial charge >= 0.3 is 17.9 Å². The van der Waals surface area contributed by atoms with E-state index >= 15 is 0 Å². The molecule has 0 heterocycles. The number of hydrogen-bond donors (Lipinski definition) is 0. The highest BCUT2D eigenvalue weighted by Crippen LogP contribution is 1.96. The first-order chi connectivity index (χ1) is 20.6. The van der Waals surface area contributed by atoms with Crippen molar-refractivity contribution in [3.05, 3.63) is 48.6 Å². The molecule has 0 N–H and O–H groups in total. The van der Waals surface area contributed by atoms with Crippen LogP contribution in [0.5, 0.6) is 0 Å². The van der Waals surface area contributed by atoms with Gasteiger partial charge < -0.3 is 46.7 Å². The Kier molecular flexibility index (Phi) is 29.0. The van der Waals surface area contributed by atoms with Gasteiger partial charge in [0.1, 0.15) is 39.5 Å². The van der Waals surface area contributed by atoms with Crippen LogP contribution in [0.15, 0.2) is 48.6 Å². The maximum absolute atomic E-state index is 10.9. The van der Waals surface area contributed by atoms with Gasteiger partial charge in [-0.05, 0) is 33.3 Å². The molecule has 47 heavy (non-hydrogen) atoms. The molecule has 0 radical (unpaired) electrons. The Balaban J connectivity index is -0.000000162. The fraction of sp³-hybridized carbons (Fsp3) is 0.613. The van der Waals surface area contributed by atoms with Gasteiger partial charge in [-0.3, -0.25) is 8.42 Å². The first-order valence-electron chi connectivity index (χ1n) is 14.1. The molecule has 16 heteroatoms. The Bertz CT molecular complexity index is 1020. The smallest absolute Gasteiger partial charge is 0.333 e. The third kappa shape index (κ3) is 62.2. The molecule has 0 aromatic heterocycles. The number of esters is 3. The predicted molar refractivity (Wildman–Crippen MR) is 176 cm³/mol. The molecular formula is C31H59N3O12S. The quantitative estimate of drug-likeness (QED) is 0.0642. The number of carbonyl (C=O) groups excluding carboxylic acids is 4. The van der Waals surface area contributed by atoms with Gasteiger partial charge in [0, 0.05) is 27.1 Å². The largest absolute Gasteiger partial charge is 0.759 e. The average molecular weight is 698 g/mol. The van der Waals surface area contributed by atoms with E-state index in [1.807, 2.05) is 0 Å². The molecule has 0 saturated carbocycles. The normalized spacial score (nSPS) is 10.6. The molecule has 0 aromatic rings. The predicted octanol–water partition coefficient (Wildman–Crippen LogP) is 0.410. The van der Waals surface area contributed by atoms with Crippen molar-refractivity contribution in [2.24, 2.45) is 0 Å². The summed E-state index contributed by atoms with van der Waals surface area (Å²) in [7, 11) is 13.3. The van der Waals surface area contributed by atoms with E-state index in [2.05, 4.69) is 89.7 Å². The molecule has 0 aliphatic rings. The molecule has 0 rings (SSSR count). The number of carbonyl (C=O) groups is 4. The minimum absolute atomic E-state index is 0.0648. The van der Waals surface area contributed by atoms with Crippen molar-refractivity contribution in [1.82, 2.24) is 0 Å². The fourth-order valence-corrected chi connectivity index (χ4v) is 1.61. The highest BCUT2D eigenvalue weighted by molar-refractivity contribution is 7.79. The van der Waals surface area contributed by atoms with Gasteiger partial charge in [0.2, 0.25) is 0 Å². The van der Waals surface area contributed by atoms with Gasteiger partial charge in [-0.2, -0.15) is 0 Å². The van der Waals surface area contributed by atoms with Crippen LogP contribution in [-0.2, 0) is 43.8 Å². The van der Waals surface area contributed by atoms with E-state index < -0.39 is 16.4 Å². The summed E-state index contributed by atoms with van der Waals surface area (Å²) in [6.07, 6.45) is 0. The van der Waals surface area contributed by atoms with E-state index in [1.165, 1.54) is 6.92 Å². The lowest BCUT2D eigenvalue weighted by molar-refractivity contribution is -0.870. The molecular weight excluding hydrogens is 638 g/mol. The van der Waals surface area contributed by atoms with Gasteiger partial charge in [0.05, 0.1) is 69.4 Å². The third-order valence-electron chi connectivity index (χ3n) is 4.38. The Morgan fingerprint density at radius 3 is 0.745 bits per heavy atom. The monoisotopic (exact) mass is 697 g/mol. The molecule has 276 valence electrons. The van der Waals surface area contributed by atoms with Gasteiger partial charge in [0.15, 0.2) is 0 Å². The lowest BCUT2D eigenvalue weighted by Crippen LogP contribution is -2.38. The number of carboxylic acids is 1. The van der Waals surface area contributed by atoms with Crippen molar-refractivity contribution >= 4 is 34.3 Å². The summed E-state index contributed by atoms with van der Waals surface area (Å²) in [5, 5.41) is 9.49. The Morgan fingerprint density at radius 1 is 0.511 bits per heavy atom. The second-order valence-electron chi connectivity index (χ2n) is 13.3. The maximum atomic E-state index is 10.9. The molecule has 0 aliphatic heterocycles. The zero-order valence-electron chi connectivity index (χ0n) is 30.7. The van der Waals surface area contributed by atoms with E-state index in [1.54, 1.807) is 20.8 Å². The zero-order chi connectivity index (χ0) is 39.0. The first kappa shape index (κ1) is 53.1. The van der Waals surface area contributed by atoms with Gasteiger partial charge in [0.25, 0.3) is 0 Å². The topological polar surface area (TPSA) is 199 Å². The molecule has 0 aliphatic carbocycles. The number of carboxylic acid groups (broad SMARTS) is 1. The van der Waals surface area contributed by atoms with Crippen molar-refractivity contribution in [3.8, 4) is 0 Å². The van der Waals surface area contributed by atoms with E-state index in [4.69, 9.17) is 31.7 Å². The highest BCUT2D eigenvalue weighted by Gasteiger charge is 2.11. The van der Waals surface area contributed by atoms with E-state index in [-0.39, 0.29) is 23.5 Å². The fourth-order valence-electron chi connectivity index (χ4n) is 1.61. The molecule has 0 saturated heterocycles. The summed E-state index contributed by atoms with van der Waals surface area (Å²) in [5.41, 5.74) is 1.43. The number of aliphatic carboxylic acids is 1. The molecule has 0 bridgehead atoms. The molecule has 0 atom stereocenters. The number of likely N-dealkylation sites (N-methyl/N-ethyl adjacent to an activating group) is 3. The van der Waals surface area contributed by atoms with E-state index in [0.29, 0.717) is 36.5 Å². The molecule has 15 nitrogen and oxygen atoms in total. The van der Waals surface area contributed by atoms with Crippen LogP contribution in [0.3, 0.4) is 0 Å². The van der Waals surface area contributed by atoms with Gasteiger partial charge in [-0.15, -0.1) is 0 Å². The van der Waals surface area contributed by atoms with E-state index in [9.17, 15) is 24.3 Å². The Labute approximate surface area is 282 Å². The molecule has 0 aromatic carbocycles. The Hall–Kier alpha value is -3.41. The standard InChI is InChI=1S/3C9H18NO2.C4H6O2.H2O4S/c3*1-8(2)9(11)12-7-6-10(3,4)5;1-3(2)4(5)6;1-5(2,3)4/h3*1,6-7H2,2-5H3;1H2,2H3,(H,5,6);(H2,1,2,3,4)/q3*+1;;/p-3. The summed E-state index contributed by atoms with van der Waals surface area (Å²) in [6.45, 7) is 23.7. The van der Waals surface area contributed by atoms with Crippen LogP contribution in [-0.4, -0.2) is 158 Å². The summed E-state index contributed by atoms with van der Waals surface area (Å²) < 4.78 is 51.2. The van der Waals surface area contributed by atoms with Crippen LogP contribution in [0.1, 0.15) is 27.7 Å². The van der Waals surface area contributed by atoms with Crippen molar-refractivity contribution in [3.63, 3.8) is 0 Å². The number of ether oxygens (including phenoxy) is 3. The lowest BCUT2D eigenvalue weighted by Gasteiger charge is -2.23. The van der Waals surface area contributed by atoms with Crippen LogP contribution >= 0.6 is 0 Å². The van der Waals surface area contributed by atoms with Crippen LogP contribution < -0.4 is 5.11 Å². The second kappa shape index (κ2) is 25.7. The SMILES string of the molecule is C=C(C)C(=O)OCC[N+](C)(C)C.C=C(C)C(=O)OCC[N+](C)(C)C.C=C(C)C(=O)OCC[N+](C)(C)C.C=C(C)C(=O)[O-].O=S(=O)([O-])[O-]. The number of nitrogens with zero attached hydrogens (tertiary/aromatic N) is 3. The number of rotatable bonds is 13. The van der Waals surface area contributed by atoms with Crippen LogP contribution in [0, 0.1) is 0 Å². The van der Waals surface area contributed by atoms with Crippen molar-refractivity contribution in [1.29, 1.82) is 0 Å². The number of quaternary nitrogens is 3. The third-order valence-corrected chi connectivity index (χ3v) is 4.38.